The highest BCUT2D eigenvalue weighted by Gasteiger charge is 2.45. The van der Waals surface area contributed by atoms with E-state index in [1.165, 1.54) is 6.20 Å². The Morgan fingerprint density at radius 3 is 2.52 bits per heavy atom. The standard InChI is InChI=1S/C17H17ClF2N4O/c1-9-4-3-5-10(2)13(9)23-15(25)12-8-21-16(18)24-14(12)22-11-6-17(19,20)7-11/h3-5,8,11H,6-7H2,1-2H3,(H,23,25)(H,21,22,24). The number of amides is 1. The van der Waals surface area contributed by atoms with Crippen LogP contribution in [-0.2, 0) is 0 Å². The van der Waals surface area contributed by atoms with Crippen molar-refractivity contribution in [3.63, 3.8) is 0 Å². The Balaban J connectivity index is 1.83. The van der Waals surface area contributed by atoms with E-state index in [2.05, 4.69) is 20.6 Å². The molecule has 25 heavy (non-hydrogen) atoms. The van der Waals surface area contributed by atoms with E-state index in [4.69, 9.17) is 11.6 Å². The molecule has 1 aromatic heterocycles. The molecule has 2 N–H and O–H groups in total. The van der Waals surface area contributed by atoms with Crippen LogP contribution in [-0.4, -0.2) is 27.8 Å². The number of hydrogen-bond acceptors (Lipinski definition) is 4. The average Bonchev–Trinajstić information content (AvgIpc) is 2.49. The number of aryl methyl sites for hydroxylation is 2. The minimum atomic E-state index is -2.67. The number of para-hydroxylation sites is 1. The number of anilines is 2. The lowest BCUT2D eigenvalue weighted by Gasteiger charge is -2.35. The molecule has 0 atom stereocenters. The van der Waals surface area contributed by atoms with Crippen LogP contribution in [0.5, 0.6) is 0 Å². The number of nitrogens with one attached hydrogen (secondary N) is 2. The molecule has 132 valence electrons. The van der Waals surface area contributed by atoms with Gasteiger partial charge in [-0.05, 0) is 36.6 Å². The molecule has 3 rings (SSSR count). The lowest BCUT2D eigenvalue weighted by atomic mass is 9.88. The van der Waals surface area contributed by atoms with E-state index in [0.29, 0.717) is 5.69 Å². The van der Waals surface area contributed by atoms with Gasteiger partial charge in [-0.15, -0.1) is 0 Å². The van der Waals surface area contributed by atoms with Gasteiger partial charge in [-0.25, -0.2) is 13.8 Å². The second kappa shape index (κ2) is 6.55. The van der Waals surface area contributed by atoms with E-state index >= 15 is 0 Å². The van der Waals surface area contributed by atoms with E-state index in [1.54, 1.807) is 0 Å². The van der Waals surface area contributed by atoms with Gasteiger partial charge in [-0.1, -0.05) is 18.2 Å². The Labute approximate surface area is 148 Å². The fourth-order valence-electron chi connectivity index (χ4n) is 2.79. The summed E-state index contributed by atoms with van der Waals surface area (Å²) >= 11 is 5.79. The smallest absolute Gasteiger partial charge is 0.261 e. The van der Waals surface area contributed by atoms with Crippen molar-refractivity contribution >= 4 is 29.0 Å². The van der Waals surface area contributed by atoms with Gasteiger partial charge < -0.3 is 10.6 Å². The Kier molecular flexibility index (Phi) is 4.60. The lowest BCUT2D eigenvalue weighted by Crippen LogP contribution is -2.44. The van der Waals surface area contributed by atoms with Crippen molar-refractivity contribution in [1.29, 1.82) is 0 Å². The molecule has 5 nitrogen and oxygen atoms in total. The van der Waals surface area contributed by atoms with Gasteiger partial charge in [0.1, 0.15) is 11.4 Å². The predicted octanol–water partition coefficient (Wildman–Crippen LogP) is 4.21. The van der Waals surface area contributed by atoms with Crippen LogP contribution < -0.4 is 10.6 Å². The molecule has 1 amide bonds. The normalized spacial score (nSPS) is 16.2. The molecule has 0 spiro atoms. The van der Waals surface area contributed by atoms with Crippen LogP contribution in [0.1, 0.15) is 34.3 Å². The third-order valence-electron chi connectivity index (χ3n) is 4.15. The van der Waals surface area contributed by atoms with Gasteiger partial charge >= 0.3 is 0 Å². The second-order valence-corrected chi connectivity index (χ2v) is 6.57. The van der Waals surface area contributed by atoms with Crippen molar-refractivity contribution in [3.8, 4) is 0 Å². The number of nitrogens with zero attached hydrogens (tertiary/aromatic N) is 2. The summed E-state index contributed by atoms with van der Waals surface area (Å²) in [6.45, 7) is 3.77. The van der Waals surface area contributed by atoms with Crippen molar-refractivity contribution in [2.24, 2.45) is 0 Å². The van der Waals surface area contributed by atoms with Gasteiger partial charge in [0.05, 0.1) is 0 Å². The third kappa shape index (κ3) is 3.87. The maximum Gasteiger partial charge on any atom is 0.261 e. The maximum atomic E-state index is 13.0. The molecule has 1 saturated carbocycles. The van der Waals surface area contributed by atoms with E-state index in [9.17, 15) is 13.6 Å². The highest BCUT2D eigenvalue weighted by Crippen LogP contribution is 2.39. The van der Waals surface area contributed by atoms with Crippen LogP contribution in [0.25, 0.3) is 0 Å². The molecule has 0 radical (unpaired) electrons. The highest BCUT2D eigenvalue weighted by atomic mass is 35.5. The SMILES string of the molecule is Cc1cccc(C)c1NC(=O)c1cnc(Cl)nc1NC1CC(F)(F)C1. The van der Waals surface area contributed by atoms with Crippen molar-refractivity contribution < 1.29 is 13.6 Å². The summed E-state index contributed by atoms with van der Waals surface area (Å²) in [6.07, 6.45) is 0.691. The molecule has 1 aliphatic carbocycles. The van der Waals surface area contributed by atoms with Crippen LogP contribution in [0.3, 0.4) is 0 Å². The Bertz CT molecular complexity index is 800. The zero-order chi connectivity index (χ0) is 18.2. The molecule has 0 unspecified atom stereocenters. The predicted molar refractivity (Wildman–Crippen MR) is 92.5 cm³/mol. The average molecular weight is 367 g/mol. The van der Waals surface area contributed by atoms with Gasteiger partial charge in [0.25, 0.3) is 11.8 Å². The summed E-state index contributed by atoms with van der Waals surface area (Å²) < 4.78 is 26.1. The summed E-state index contributed by atoms with van der Waals surface area (Å²) in [5.41, 5.74) is 2.68. The molecule has 2 aromatic rings. The Morgan fingerprint density at radius 2 is 1.92 bits per heavy atom. The zero-order valence-electron chi connectivity index (χ0n) is 13.7. The molecule has 1 fully saturated rings. The Morgan fingerprint density at radius 1 is 1.28 bits per heavy atom. The van der Waals surface area contributed by atoms with Gasteiger partial charge in [0.2, 0.25) is 5.28 Å². The summed E-state index contributed by atoms with van der Waals surface area (Å²) in [5, 5.41) is 5.63. The minimum absolute atomic E-state index is 0.0581. The first kappa shape index (κ1) is 17.5. The van der Waals surface area contributed by atoms with Crippen LogP contribution in [0.15, 0.2) is 24.4 Å². The first-order valence-corrected chi connectivity index (χ1v) is 8.17. The van der Waals surface area contributed by atoms with Crippen LogP contribution in [0, 0.1) is 13.8 Å². The van der Waals surface area contributed by atoms with Gasteiger partial charge in [0.15, 0.2) is 0 Å². The first-order valence-electron chi connectivity index (χ1n) is 7.80. The van der Waals surface area contributed by atoms with E-state index < -0.39 is 17.9 Å². The van der Waals surface area contributed by atoms with Crippen LogP contribution in [0.2, 0.25) is 5.28 Å². The van der Waals surface area contributed by atoms with E-state index in [0.717, 1.165) is 11.1 Å². The molecule has 8 heteroatoms. The molecular formula is C17H17ClF2N4O. The maximum absolute atomic E-state index is 13.0. The zero-order valence-corrected chi connectivity index (χ0v) is 14.5. The minimum Gasteiger partial charge on any atom is -0.366 e. The molecular weight excluding hydrogens is 350 g/mol. The van der Waals surface area contributed by atoms with Gasteiger partial charge in [0, 0.05) is 30.8 Å². The van der Waals surface area contributed by atoms with Crippen LogP contribution >= 0.6 is 11.6 Å². The summed E-state index contributed by atoms with van der Waals surface area (Å²) in [6, 6.07) is 5.22. The second-order valence-electron chi connectivity index (χ2n) is 6.23. The monoisotopic (exact) mass is 366 g/mol. The third-order valence-corrected chi connectivity index (χ3v) is 4.34. The Hall–Kier alpha value is -2.28. The van der Waals surface area contributed by atoms with Crippen molar-refractivity contribution in [3.05, 3.63) is 46.4 Å². The van der Waals surface area contributed by atoms with Crippen molar-refractivity contribution in [2.75, 3.05) is 10.6 Å². The number of carbonyl (C=O) groups is 1. The molecule has 0 saturated heterocycles. The van der Waals surface area contributed by atoms with E-state index in [1.807, 2.05) is 32.0 Å². The first-order chi connectivity index (χ1) is 11.7. The largest absolute Gasteiger partial charge is 0.366 e. The fraction of sp³-hybridized carbons (Fsp3) is 0.353. The van der Waals surface area contributed by atoms with Gasteiger partial charge in [-0.2, -0.15) is 4.98 Å². The number of benzene rings is 1. The topological polar surface area (TPSA) is 66.9 Å². The summed E-state index contributed by atoms with van der Waals surface area (Å²) in [4.78, 5) is 20.5. The molecule has 1 heterocycles. The number of halogens is 3. The molecule has 1 aliphatic rings. The van der Waals surface area contributed by atoms with Gasteiger partial charge in [-0.3, -0.25) is 4.79 Å². The van der Waals surface area contributed by atoms with Crippen molar-refractivity contribution in [1.82, 2.24) is 9.97 Å². The van der Waals surface area contributed by atoms with E-state index in [-0.39, 0.29) is 29.5 Å². The highest BCUT2D eigenvalue weighted by molar-refractivity contribution is 6.28. The number of carbonyl (C=O) groups excluding carboxylic acids is 1. The van der Waals surface area contributed by atoms with Crippen LogP contribution in [0.4, 0.5) is 20.3 Å². The molecule has 1 aromatic carbocycles. The lowest BCUT2D eigenvalue weighted by molar-refractivity contribution is -0.0794. The molecule has 0 bridgehead atoms. The summed E-state index contributed by atoms with van der Waals surface area (Å²) in [7, 11) is 0. The molecule has 0 aliphatic heterocycles. The fourth-order valence-corrected chi connectivity index (χ4v) is 2.92. The number of hydrogen-bond donors (Lipinski definition) is 2. The number of alkyl halides is 2. The number of rotatable bonds is 4. The number of aromatic nitrogens is 2. The quantitative estimate of drug-likeness (QED) is 0.795. The summed E-state index contributed by atoms with van der Waals surface area (Å²) in [5.74, 6) is -2.94. The van der Waals surface area contributed by atoms with Crippen molar-refractivity contribution in [2.45, 2.75) is 38.7 Å².